The molecule has 0 saturated heterocycles. The lowest BCUT2D eigenvalue weighted by Crippen LogP contribution is -2.17. The second-order valence-corrected chi connectivity index (χ2v) is 8.40. The summed E-state index contributed by atoms with van der Waals surface area (Å²) in [6.45, 7) is 4.92. The van der Waals surface area contributed by atoms with Gasteiger partial charge < -0.3 is 14.7 Å². The van der Waals surface area contributed by atoms with E-state index in [0.29, 0.717) is 6.54 Å². The summed E-state index contributed by atoms with van der Waals surface area (Å²) in [5.74, 6) is 1.51. The first-order valence-corrected chi connectivity index (χ1v) is 12.1. The van der Waals surface area contributed by atoms with Crippen molar-refractivity contribution in [1.82, 2.24) is 19.5 Å². The van der Waals surface area contributed by atoms with Crippen molar-refractivity contribution < 1.29 is 4.74 Å². The van der Waals surface area contributed by atoms with E-state index < -0.39 is 0 Å². The average Bonchev–Trinajstić information content (AvgIpc) is 3.45. The van der Waals surface area contributed by atoms with Crippen LogP contribution in [0.25, 0.3) is 22.1 Å². The SMILES string of the molecule is CCCCCCC.O=c1[nH]c2c3cc[nH]c3ncc2n1Cc1cccc(Oc2ccccc2)c1. The van der Waals surface area contributed by atoms with Gasteiger partial charge in [-0.2, -0.15) is 0 Å². The van der Waals surface area contributed by atoms with Gasteiger partial charge in [0.2, 0.25) is 0 Å². The van der Waals surface area contributed by atoms with Gasteiger partial charge in [-0.05, 0) is 35.9 Å². The van der Waals surface area contributed by atoms with Crippen LogP contribution in [0, 0.1) is 0 Å². The van der Waals surface area contributed by atoms with E-state index in [9.17, 15) is 4.79 Å². The van der Waals surface area contributed by atoms with E-state index in [1.807, 2.05) is 66.9 Å². The fourth-order valence-electron chi connectivity index (χ4n) is 3.97. The Bertz CT molecular complexity index is 1380. The molecule has 0 bridgehead atoms. The molecule has 6 nitrogen and oxygen atoms in total. The minimum atomic E-state index is -0.158. The van der Waals surface area contributed by atoms with Crippen LogP contribution in [0.4, 0.5) is 0 Å². The maximum Gasteiger partial charge on any atom is 0.326 e. The van der Waals surface area contributed by atoms with E-state index >= 15 is 0 Å². The smallest absolute Gasteiger partial charge is 0.326 e. The minimum Gasteiger partial charge on any atom is -0.457 e. The number of rotatable bonds is 8. The zero-order valence-electron chi connectivity index (χ0n) is 19.9. The molecule has 2 N–H and O–H groups in total. The molecule has 34 heavy (non-hydrogen) atoms. The Balaban J connectivity index is 0.000000344. The number of fused-ring (bicyclic) bond motifs is 3. The quantitative estimate of drug-likeness (QED) is 0.246. The van der Waals surface area contributed by atoms with Crippen LogP contribution in [0.2, 0.25) is 0 Å². The van der Waals surface area contributed by atoms with E-state index in [4.69, 9.17) is 4.74 Å². The number of nitrogens with zero attached hydrogens (tertiary/aromatic N) is 2. The highest BCUT2D eigenvalue weighted by molar-refractivity contribution is 6.00. The third-order valence-electron chi connectivity index (χ3n) is 5.76. The molecule has 0 aliphatic heterocycles. The zero-order chi connectivity index (χ0) is 23.8. The first kappa shape index (κ1) is 23.4. The van der Waals surface area contributed by atoms with Crippen molar-refractivity contribution in [3.05, 3.63) is 89.1 Å². The second kappa shape index (κ2) is 11.4. The number of aromatic amines is 2. The predicted octanol–water partition coefficient (Wildman–Crippen LogP) is 7.02. The summed E-state index contributed by atoms with van der Waals surface area (Å²) in [5.41, 5.74) is 3.15. The Hall–Kier alpha value is -3.80. The number of aromatic nitrogens is 4. The van der Waals surface area contributed by atoms with Gasteiger partial charge in [0.15, 0.2) is 0 Å². The van der Waals surface area contributed by atoms with E-state index in [2.05, 4.69) is 28.8 Å². The molecule has 0 saturated carbocycles. The van der Waals surface area contributed by atoms with Crippen molar-refractivity contribution >= 4 is 22.1 Å². The van der Waals surface area contributed by atoms with Crippen molar-refractivity contribution in [2.75, 3.05) is 0 Å². The molecular weight excluding hydrogens is 424 g/mol. The first-order chi connectivity index (χ1) is 16.7. The molecule has 0 aliphatic rings. The fourth-order valence-corrected chi connectivity index (χ4v) is 3.97. The highest BCUT2D eigenvalue weighted by atomic mass is 16.5. The molecule has 0 unspecified atom stereocenters. The number of H-pyrrole nitrogens is 2. The number of imidazole rings is 1. The molecule has 0 spiro atoms. The van der Waals surface area contributed by atoms with Gasteiger partial charge in [-0.15, -0.1) is 0 Å². The molecule has 176 valence electrons. The van der Waals surface area contributed by atoms with Crippen molar-refractivity contribution in [3.8, 4) is 11.5 Å². The monoisotopic (exact) mass is 456 g/mol. The molecule has 0 radical (unpaired) electrons. The molecule has 3 aromatic heterocycles. The molecule has 3 heterocycles. The molecule has 6 heteroatoms. The van der Waals surface area contributed by atoms with Crippen molar-refractivity contribution in [2.45, 2.75) is 52.5 Å². The number of pyridine rings is 1. The predicted molar refractivity (Wildman–Crippen MR) is 139 cm³/mol. The Morgan fingerprint density at radius 1 is 0.912 bits per heavy atom. The normalized spacial score (nSPS) is 10.9. The number of hydrogen-bond donors (Lipinski definition) is 2. The Kier molecular flexibility index (Phi) is 7.81. The van der Waals surface area contributed by atoms with E-state index in [-0.39, 0.29) is 5.69 Å². The van der Waals surface area contributed by atoms with E-state index in [1.165, 1.54) is 32.1 Å². The third kappa shape index (κ3) is 5.57. The lowest BCUT2D eigenvalue weighted by atomic mass is 10.2. The van der Waals surface area contributed by atoms with Gasteiger partial charge in [0, 0.05) is 11.6 Å². The van der Waals surface area contributed by atoms with Crippen LogP contribution in [0.1, 0.15) is 51.5 Å². The maximum absolute atomic E-state index is 12.5. The Labute approximate surface area is 199 Å². The zero-order valence-corrected chi connectivity index (χ0v) is 19.9. The molecule has 0 atom stereocenters. The summed E-state index contributed by atoms with van der Waals surface area (Å²) in [6, 6.07) is 19.3. The van der Waals surface area contributed by atoms with Crippen LogP contribution in [-0.4, -0.2) is 19.5 Å². The van der Waals surface area contributed by atoms with Crippen LogP contribution in [0.3, 0.4) is 0 Å². The van der Waals surface area contributed by atoms with E-state index in [1.54, 1.807) is 10.8 Å². The van der Waals surface area contributed by atoms with Gasteiger partial charge >= 0.3 is 5.69 Å². The molecule has 5 aromatic rings. The van der Waals surface area contributed by atoms with Gasteiger partial charge in [-0.1, -0.05) is 76.3 Å². The lowest BCUT2D eigenvalue weighted by molar-refractivity contribution is 0.481. The lowest BCUT2D eigenvalue weighted by Gasteiger charge is -2.08. The molecular formula is C28H32N4O2. The van der Waals surface area contributed by atoms with Gasteiger partial charge in [-0.25, -0.2) is 9.78 Å². The molecule has 2 aromatic carbocycles. The maximum atomic E-state index is 12.5. The number of nitrogens with one attached hydrogen (secondary N) is 2. The summed E-state index contributed by atoms with van der Waals surface area (Å²) < 4.78 is 7.58. The second-order valence-electron chi connectivity index (χ2n) is 8.40. The third-order valence-corrected chi connectivity index (χ3v) is 5.76. The fraction of sp³-hybridized carbons (Fsp3) is 0.286. The highest BCUT2D eigenvalue weighted by Crippen LogP contribution is 2.24. The van der Waals surface area contributed by atoms with Crippen LogP contribution in [0.15, 0.2) is 77.9 Å². The number of ether oxygens (including phenoxy) is 1. The van der Waals surface area contributed by atoms with Crippen LogP contribution in [0.5, 0.6) is 11.5 Å². The largest absolute Gasteiger partial charge is 0.457 e. The van der Waals surface area contributed by atoms with Crippen LogP contribution < -0.4 is 10.4 Å². The average molecular weight is 457 g/mol. The summed E-state index contributed by atoms with van der Waals surface area (Å²) >= 11 is 0. The molecule has 0 aliphatic carbocycles. The summed E-state index contributed by atoms with van der Waals surface area (Å²) in [5, 5.41) is 0.907. The standard InChI is InChI=1S/C21H16N4O2.C7H16/c26-21-24-19-17-9-10-22-20(17)23-12-18(19)25(21)13-14-5-4-8-16(11-14)27-15-6-2-1-3-7-15;1-3-5-7-6-4-2/h1-12H,13H2,(H,22,23)(H,24,26);3-7H2,1-2H3. The molecule has 5 rings (SSSR count). The van der Waals surface area contributed by atoms with E-state index in [0.717, 1.165) is 39.1 Å². The molecule has 0 amide bonds. The first-order valence-electron chi connectivity index (χ1n) is 12.1. The number of hydrogen-bond acceptors (Lipinski definition) is 3. The van der Waals surface area contributed by atoms with Gasteiger partial charge in [0.1, 0.15) is 17.1 Å². The summed E-state index contributed by atoms with van der Waals surface area (Å²) in [7, 11) is 0. The van der Waals surface area contributed by atoms with Crippen LogP contribution >= 0.6 is 0 Å². The number of para-hydroxylation sites is 1. The number of unbranched alkanes of at least 4 members (excludes halogenated alkanes) is 4. The Morgan fingerprint density at radius 2 is 1.68 bits per heavy atom. The summed E-state index contributed by atoms with van der Waals surface area (Å²) in [6.07, 6.45) is 10.5. The van der Waals surface area contributed by atoms with Gasteiger partial charge in [0.05, 0.1) is 23.8 Å². The van der Waals surface area contributed by atoms with Gasteiger partial charge in [0.25, 0.3) is 0 Å². The van der Waals surface area contributed by atoms with Crippen LogP contribution in [-0.2, 0) is 6.54 Å². The van der Waals surface area contributed by atoms with Crippen molar-refractivity contribution in [1.29, 1.82) is 0 Å². The number of benzene rings is 2. The van der Waals surface area contributed by atoms with Crippen molar-refractivity contribution in [2.24, 2.45) is 0 Å². The van der Waals surface area contributed by atoms with Crippen molar-refractivity contribution in [3.63, 3.8) is 0 Å². The summed E-state index contributed by atoms with van der Waals surface area (Å²) in [4.78, 5) is 22.9. The minimum absolute atomic E-state index is 0.158. The Morgan fingerprint density at radius 3 is 2.44 bits per heavy atom. The highest BCUT2D eigenvalue weighted by Gasteiger charge is 2.12. The molecule has 0 fully saturated rings. The van der Waals surface area contributed by atoms with Gasteiger partial charge in [-0.3, -0.25) is 4.57 Å². The topological polar surface area (TPSA) is 75.7 Å².